The van der Waals surface area contributed by atoms with Gasteiger partial charge in [-0.2, -0.15) is 0 Å². The van der Waals surface area contributed by atoms with Crippen molar-refractivity contribution in [1.29, 1.82) is 0 Å². The van der Waals surface area contributed by atoms with E-state index in [0.717, 1.165) is 39.3 Å². The summed E-state index contributed by atoms with van der Waals surface area (Å²) in [5.41, 5.74) is 0.634. The maximum Gasteiger partial charge on any atom is 0.293 e. The Hall–Kier alpha value is -2.52. The van der Waals surface area contributed by atoms with E-state index in [4.69, 9.17) is 0 Å². The Labute approximate surface area is 156 Å². The molecule has 0 amide bonds. The molecule has 1 atom stereocenters. The second-order valence-corrected chi connectivity index (χ2v) is 7.43. The van der Waals surface area contributed by atoms with Gasteiger partial charge in [0.05, 0.1) is 22.2 Å². The fourth-order valence-corrected chi connectivity index (χ4v) is 4.26. The molecule has 2 fully saturated rings. The number of aromatic nitrogens is 2. The lowest BCUT2D eigenvalue weighted by molar-refractivity contribution is -0.384. The molecule has 2 saturated heterocycles. The molecule has 2 aliphatic rings. The summed E-state index contributed by atoms with van der Waals surface area (Å²) in [6.45, 7) is 5.48. The highest BCUT2D eigenvalue weighted by atomic mass is 16.6. The maximum atomic E-state index is 11.9. The molecule has 0 saturated carbocycles. The number of H-pyrrole nitrogens is 1. The average molecular weight is 372 g/mol. The van der Waals surface area contributed by atoms with Crippen LogP contribution in [0.1, 0.15) is 12.8 Å². The highest BCUT2D eigenvalue weighted by Gasteiger charge is 2.29. The molecule has 0 bridgehead atoms. The predicted molar refractivity (Wildman–Crippen MR) is 103 cm³/mol. The van der Waals surface area contributed by atoms with Crippen molar-refractivity contribution in [2.75, 3.05) is 51.2 Å². The third kappa shape index (κ3) is 3.52. The molecular weight excluding hydrogens is 348 g/mol. The standard InChI is InChI=1S/C18H24N6O3/c1-21-4-2-3-13(11-21)22-5-7-23(8-6-22)16-10-15-14(9-17(16)24(26)27)18(25)20-12-19-15/h9-10,12-13H,2-8,11H2,1H3,(H,19,20,25). The van der Waals surface area contributed by atoms with Crippen molar-refractivity contribution in [1.82, 2.24) is 19.8 Å². The summed E-state index contributed by atoms with van der Waals surface area (Å²) in [5.74, 6) is 0. The minimum atomic E-state index is -0.413. The zero-order chi connectivity index (χ0) is 19.0. The SMILES string of the molecule is CN1CCCC(N2CCN(c3cc4nc[nH]c(=O)c4cc3[N+](=O)[O-])CC2)C1. The molecule has 1 unspecified atom stereocenters. The topological polar surface area (TPSA) is 98.6 Å². The molecule has 9 nitrogen and oxygen atoms in total. The summed E-state index contributed by atoms with van der Waals surface area (Å²) < 4.78 is 0. The molecule has 4 rings (SSSR count). The van der Waals surface area contributed by atoms with Gasteiger partial charge in [0, 0.05) is 44.8 Å². The number of hydrogen-bond donors (Lipinski definition) is 1. The van der Waals surface area contributed by atoms with Crippen LogP contribution >= 0.6 is 0 Å². The van der Waals surface area contributed by atoms with E-state index < -0.39 is 4.92 Å². The van der Waals surface area contributed by atoms with Crippen LogP contribution in [-0.4, -0.2) is 77.0 Å². The number of aromatic amines is 1. The summed E-state index contributed by atoms with van der Waals surface area (Å²) in [7, 11) is 2.16. The van der Waals surface area contributed by atoms with Gasteiger partial charge in [-0.25, -0.2) is 4.98 Å². The van der Waals surface area contributed by atoms with Crippen molar-refractivity contribution < 1.29 is 4.92 Å². The first-order valence-corrected chi connectivity index (χ1v) is 9.36. The normalized spacial score (nSPS) is 22.3. The summed E-state index contributed by atoms with van der Waals surface area (Å²) in [6.07, 6.45) is 3.77. The molecule has 0 aliphatic carbocycles. The summed E-state index contributed by atoms with van der Waals surface area (Å²) in [5, 5.41) is 11.8. The first-order chi connectivity index (χ1) is 13.0. The van der Waals surface area contributed by atoms with Gasteiger partial charge in [-0.3, -0.25) is 19.8 Å². The van der Waals surface area contributed by atoms with Gasteiger partial charge in [-0.05, 0) is 32.5 Å². The molecule has 2 aromatic rings. The average Bonchev–Trinajstić information content (AvgIpc) is 2.67. The number of nitro benzene ring substituents is 1. The van der Waals surface area contributed by atoms with Crippen LogP contribution in [0.5, 0.6) is 0 Å². The third-order valence-corrected chi connectivity index (χ3v) is 5.70. The number of hydrogen-bond acceptors (Lipinski definition) is 7. The van der Waals surface area contributed by atoms with Crippen LogP contribution in [0.2, 0.25) is 0 Å². The second kappa shape index (κ2) is 7.24. The van der Waals surface area contributed by atoms with Crippen LogP contribution in [-0.2, 0) is 0 Å². The Morgan fingerprint density at radius 2 is 2.00 bits per heavy atom. The molecule has 3 heterocycles. The van der Waals surface area contributed by atoms with Crippen LogP contribution < -0.4 is 10.5 Å². The first kappa shape index (κ1) is 17.9. The molecule has 9 heteroatoms. The number of nitrogens with one attached hydrogen (secondary N) is 1. The summed E-state index contributed by atoms with van der Waals surface area (Å²) >= 11 is 0. The quantitative estimate of drug-likeness (QED) is 0.635. The number of rotatable bonds is 3. The van der Waals surface area contributed by atoms with Gasteiger partial charge in [-0.1, -0.05) is 0 Å². The van der Waals surface area contributed by atoms with Crippen molar-refractivity contribution in [3.05, 3.63) is 38.9 Å². The Morgan fingerprint density at radius 1 is 1.22 bits per heavy atom. The second-order valence-electron chi connectivity index (χ2n) is 7.43. The minimum absolute atomic E-state index is 0.0353. The van der Waals surface area contributed by atoms with Gasteiger partial charge >= 0.3 is 0 Å². The van der Waals surface area contributed by atoms with Crippen molar-refractivity contribution in [2.45, 2.75) is 18.9 Å². The number of anilines is 1. The van der Waals surface area contributed by atoms with E-state index in [1.54, 1.807) is 6.07 Å². The predicted octanol–water partition coefficient (Wildman–Crippen LogP) is 1.05. The number of nitrogens with zero attached hydrogens (tertiary/aromatic N) is 5. The lowest BCUT2D eigenvalue weighted by atomic mass is 10.0. The van der Waals surface area contributed by atoms with E-state index in [1.165, 1.54) is 25.2 Å². The minimum Gasteiger partial charge on any atom is -0.363 e. The number of fused-ring (bicyclic) bond motifs is 1. The van der Waals surface area contributed by atoms with Crippen molar-refractivity contribution in [3.8, 4) is 0 Å². The highest BCUT2D eigenvalue weighted by molar-refractivity contribution is 5.87. The maximum absolute atomic E-state index is 11.9. The smallest absolute Gasteiger partial charge is 0.293 e. The van der Waals surface area contributed by atoms with Crippen LogP contribution in [0.4, 0.5) is 11.4 Å². The van der Waals surface area contributed by atoms with Crippen LogP contribution in [0.3, 0.4) is 0 Å². The molecule has 27 heavy (non-hydrogen) atoms. The highest BCUT2D eigenvalue weighted by Crippen LogP contribution is 2.32. The molecular formula is C18H24N6O3. The molecule has 1 aromatic heterocycles. The molecule has 2 aliphatic heterocycles. The Bertz CT molecular complexity index is 906. The Kier molecular flexibility index (Phi) is 4.79. The lowest BCUT2D eigenvalue weighted by Crippen LogP contribution is -2.54. The number of benzene rings is 1. The summed E-state index contributed by atoms with van der Waals surface area (Å²) in [4.78, 5) is 36.7. The lowest BCUT2D eigenvalue weighted by Gasteiger charge is -2.43. The zero-order valence-electron chi connectivity index (χ0n) is 15.4. The third-order valence-electron chi connectivity index (χ3n) is 5.70. The van der Waals surface area contributed by atoms with Gasteiger partial charge < -0.3 is 14.8 Å². The first-order valence-electron chi connectivity index (χ1n) is 9.36. The Balaban J connectivity index is 1.57. The van der Waals surface area contributed by atoms with Gasteiger partial charge in [0.25, 0.3) is 11.2 Å². The van der Waals surface area contributed by atoms with E-state index >= 15 is 0 Å². The molecule has 0 spiro atoms. The molecule has 1 aromatic carbocycles. The molecule has 1 N–H and O–H groups in total. The van der Waals surface area contributed by atoms with E-state index in [9.17, 15) is 14.9 Å². The van der Waals surface area contributed by atoms with E-state index in [2.05, 4.69) is 26.8 Å². The van der Waals surface area contributed by atoms with E-state index in [0.29, 0.717) is 17.2 Å². The number of piperidine rings is 1. The molecule has 144 valence electrons. The fourth-order valence-electron chi connectivity index (χ4n) is 4.26. The van der Waals surface area contributed by atoms with E-state index in [1.807, 2.05) is 4.90 Å². The van der Waals surface area contributed by atoms with Gasteiger partial charge in [0.15, 0.2) is 0 Å². The van der Waals surface area contributed by atoms with Crippen molar-refractivity contribution >= 4 is 22.3 Å². The number of likely N-dealkylation sites (N-methyl/N-ethyl adjacent to an activating group) is 1. The number of likely N-dealkylation sites (tertiary alicyclic amines) is 1. The number of piperazine rings is 1. The molecule has 0 radical (unpaired) electrons. The zero-order valence-corrected chi connectivity index (χ0v) is 15.4. The van der Waals surface area contributed by atoms with Crippen LogP contribution in [0.25, 0.3) is 10.9 Å². The van der Waals surface area contributed by atoms with Crippen LogP contribution in [0, 0.1) is 10.1 Å². The number of nitro groups is 1. The Morgan fingerprint density at radius 3 is 2.70 bits per heavy atom. The van der Waals surface area contributed by atoms with Gasteiger partial charge in [-0.15, -0.1) is 0 Å². The largest absolute Gasteiger partial charge is 0.363 e. The monoisotopic (exact) mass is 372 g/mol. The van der Waals surface area contributed by atoms with Crippen molar-refractivity contribution in [2.24, 2.45) is 0 Å². The van der Waals surface area contributed by atoms with Crippen molar-refractivity contribution in [3.63, 3.8) is 0 Å². The van der Waals surface area contributed by atoms with Crippen LogP contribution in [0.15, 0.2) is 23.3 Å². The van der Waals surface area contributed by atoms with Gasteiger partial charge in [0.1, 0.15) is 5.69 Å². The van der Waals surface area contributed by atoms with E-state index in [-0.39, 0.29) is 16.6 Å². The fraction of sp³-hybridized carbons (Fsp3) is 0.556. The summed E-state index contributed by atoms with van der Waals surface area (Å²) in [6, 6.07) is 3.59. The van der Waals surface area contributed by atoms with Gasteiger partial charge in [0.2, 0.25) is 0 Å².